The number of rotatable bonds is 36. The maximum absolute atomic E-state index is 7.25. The van der Waals surface area contributed by atoms with Crippen LogP contribution < -0.4 is 0 Å². The standard InChI is InChI=1S/C28H54O3Si5.C20H46O3Si5.C8H8.8CH4/c1-12-22-36(23-13-2,24-14-3)26-18-25-34(10,29-32(4,5)6)31-35(11,30-33(7,8)9)27-21-28-19-16-15-17-20-28;1-12-16-28(17-13-2,18-14-3)20-15-19-27(11,23-26(8,9)10)22-24(4)21-25(5,6)7;1-2-8-6-4-3-5-7-8;;;;;;;;/h12-17,19-20H,1-3,18,21-27H2,4-11H3;12-14,24H,1-3,15-20H2,4-11H3;2-7H,1H2;8*1H4. The van der Waals surface area contributed by atoms with Crippen LogP contribution in [-0.2, 0) is 31.1 Å². The van der Waals surface area contributed by atoms with E-state index < -0.39 is 84.4 Å². The van der Waals surface area contributed by atoms with Gasteiger partial charge in [-0.25, -0.2) is 0 Å². The summed E-state index contributed by atoms with van der Waals surface area (Å²) < 4.78 is 40.8. The van der Waals surface area contributed by atoms with Gasteiger partial charge in [-0.3, -0.25) is 0 Å². The predicted octanol–water partition coefficient (Wildman–Crippen LogP) is 23.9. The van der Waals surface area contributed by atoms with E-state index in [1.54, 1.807) is 0 Å². The zero-order valence-corrected chi connectivity index (χ0v) is 59.3. The number of hydrogen-bond donors (Lipinski definition) is 0. The summed E-state index contributed by atoms with van der Waals surface area (Å²) in [7, 11) is -18.7. The maximum Gasteiger partial charge on any atom is 0.316 e. The van der Waals surface area contributed by atoms with Crippen molar-refractivity contribution >= 4 is 90.5 Å². The molecule has 80 heavy (non-hydrogen) atoms. The fraction of sp³-hybridized carbons (Fsp3) is 0.594. The van der Waals surface area contributed by atoms with E-state index in [0.717, 1.165) is 73.7 Å². The molecule has 0 N–H and O–H groups in total. The van der Waals surface area contributed by atoms with Gasteiger partial charge in [0.15, 0.2) is 33.3 Å². The van der Waals surface area contributed by atoms with Gasteiger partial charge in [0, 0.05) is 0 Å². The van der Waals surface area contributed by atoms with Crippen molar-refractivity contribution in [3.05, 3.63) is 154 Å². The first-order valence-corrected chi connectivity index (χ1v) is 55.7. The predicted molar refractivity (Wildman–Crippen MR) is 403 cm³/mol. The molecule has 0 radical (unpaired) electrons. The fourth-order valence-electron chi connectivity index (χ4n) is 9.78. The van der Waals surface area contributed by atoms with Crippen LogP contribution in [0.4, 0.5) is 0 Å². The highest BCUT2D eigenvalue weighted by Crippen LogP contribution is 2.36. The zero-order valence-electron chi connectivity index (χ0n) is 49.2. The van der Waals surface area contributed by atoms with E-state index in [2.05, 4.69) is 218 Å². The average molecular weight is 1290 g/mol. The molecule has 0 amide bonds. The highest BCUT2D eigenvalue weighted by molar-refractivity contribution is 6.90. The van der Waals surface area contributed by atoms with Gasteiger partial charge in [-0.05, 0) is 177 Å². The van der Waals surface area contributed by atoms with E-state index >= 15 is 0 Å². The Morgan fingerprint density at radius 1 is 0.362 bits per heavy atom. The summed E-state index contributed by atoms with van der Waals surface area (Å²) in [5.41, 5.74) is 2.52. The first-order chi connectivity index (χ1) is 33.2. The summed E-state index contributed by atoms with van der Waals surface area (Å²) in [6, 6.07) is 33.0. The first kappa shape index (κ1) is 97.7. The molecule has 0 heterocycles. The van der Waals surface area contributed by atoms with Gasteiger partial charge in [-0.15, -0.1) is 39.5 Å². The lowest BCUT2D eigenvalue weighted by Crippen LogP contribution is -2.58. The lowest BCUT2D eigenvalue weighted by atomic mass is 10.2. The molecule has 4 unspecified atom stereocenters. The number of aryl methyl sites for hydroxylation is 1. The SMILES string of the molecule is C.C.C.C.C.C.C.C.C=CC[Si](CC=C)(CC=C)CCC[Si](C)(O[SiH](C)O[Si](C)(C)C)O[Si](C)(C)C.C=CC[Si](CC=C)(CC=C)CCC[Si](C)(O[Si](C)(C)C)O[Si](C)(CCc1ccccc1)O[Si](C)(C)C.C=Cc1ccccc1. The molecule has 2 aromatic carbocycles. The van der Waals surface area contributed by atoms with Crippen LogP contribution in [0, 0.1) is 0 Å². The van der Waals surface area contributed by atoms with E-state index in [1.165, 1.54) is 23.2 Å². The van der Waals surface area contributed by atoms with E-state index in [-0.39, 0.29) is 59.4 Å². The van der Waals surface area contributed by atoms with Gasteiger partial charge in [-0.2, -0.15) is 0 Å². The molecule has 16 heteroatoms. The second kappa shape index (κ2) is 46.8. The lowest BCUT2D eigenvalue weighted by molar-refractivity contribution is 0.316. The quantitative estimate of drug-likeness (QED) is 0.0501. The second-order valence-electron chi connectivity index (χ2n) is 24.3. The van der Waals surface area contributed by atoms with Crippen molar-refractivity contribution in [1.82, 2.24) is 0 Å². The molecular formula is C64H140O6Si10. The Hall–Kier alpha value is -1.45. The lowest BCUT2D eigenvalue weighted by Gasteiger charge is -2.43. The molecule has 0 bridgehead atoms. The topological polar surface area (TPSA) is 55.4 Å². The van der Waals surface area contributed by atoms with Crippen molar-refractivity contribution < 1.29 is 24.7 Å². The van der Waals surface area contributed by atoms with Gasteiger partial charge in [-0.1, -0.05) is 194 Å². The van der Waals surface area contributed by atoms with Crippen LogP contribution >= 0.6 is 0 Å². The summed E-state index contributed by atoms with van der Waals surface area (Å²) in [5.74, 6) is 0. The minimum atomic E-state index is -2.46. The molecular weight excluding hydrogens is 1150 g/mol. The molecule has 2 rings (SSSR count). The van der Waals surface area contributed by atoms with Crippen molar-refractivity contribution in [3.8, 4) is 0 Å². The van der Waals surface area contributed by atoms with E-state index in [0.29, 0.717) is 0 Å². The molecule has 0 fully saturated rings. The Balaban J connectivity index is -0.000000147. The zero-order chi connectivity index (χ0) is 55.4. The van der Waals surface area contributed by atoms with Gasteiger partial charge in [0.2, 0.25) is 0 Å². The second-order valence-corrected chi connectivity index (χ2v) is 65.3. The molecule has 0 aliphatic rings. The van der Waals surface area contributed by atoms with Crippen LogP contribution in [0.3, 0.4) is 0 Å². The molecule has 472 valence electrons. The molecule has 4 atom stereocenters. The molecule has 0 saturated carbocycles. The minimum absolute atomic E-state index is 0. The van der Waals surface area contributed by atoms with Crippen LogP contribution in [0.25, 0.3) is 6.08 Å². The summed E-state index contributed by atoms with van der Waals surface area (Å²) >= 11 is 0. The highest BCUT2D eigenvalue weighted by Gasteiger charge is 2.47. The summed E-state index contributed by atoms with van der Waals surface area (Å²) in [4.78, 5) is 0. The largest absolute Gasteiger partial charge is 0.439 e. The van der Waals surface area contributed by atoms with Gasteiger partial charge < -0.3 is 24.7 Å². The highest BCUT2D eigenvalue weighted by atomic mass is 28.5. The molecule has 0 aliphatic heterocycles. The summed E-state index contributed by atoms with van der Waals surface area (Å²) in [6.45, 7) is 64.1. The van der Waals surface area contributed by atoms with Crippen LogP contribution in [-0.4, -0.2) is 84.4 Å². The van der Waals surface area contributed by atoms with Gasteiger partial charge in [0.1, 0.15) is 0 Å². The van der Waals surface area contributed by atoms with Crippen molar-refractivity contribution in [1.29, 1.82) is 0 Å². The Morgan fingerprint density at radius 2 is 0.662 bits per heavy atom. The van der Waals surface area contributed by atoms with Crippen molar-refractivity contribution in [2.45, 2.75) is 250 Å². The smallest absolute Gasteiger partial charge is 0.316 e. The van der Waals surface area contributed by atoms with E-state index in [4.69, 9.17) is 24.7 Å². The van der Waals surface area contributed by atoms with E-state index in [1.807, 2.05) is 36.4 Å². The van der Waals surface area contributed by atoms with Crippen LogP contribution in [0.1, 0.15) is 83.4 Å². The van der Waals surface area contributed by atoms with Crippen LogP contribution in [0.15, 0.2) is 143 Å². The summed E-state index contributed by atoms with van der Waals surface area (Å²) in [6.07, 6.45) is 17.7. The fourth-order valence-corrected chi connectivity index (χ4v) is 51.5. The average Bonchev–Trinajstić information content (AvgIpc) is 3.22. The summed E-state index contributed by atoms with van der Waals surface area (Å²) in [5, 5.41) is 0. The third-order valence-electron chi connectivity index (χ3n) is 11.8. The van der Waals surface area contributed by atoms with Crippen LogP contribution in [0.5, 0.6) is 0 Å². The van der Waals surface area contributed by atoms with Gasteiger partial charge in [0.05, 0.1) is 16.1 Å². The third kappa shape index (κ3) is 46.9. The van der Waals surface area contributed by atoms with Crippen molar-refractivity contribution in [3.63, 3.8) is 0 Å². The Morgan fingerprint density at radius 3 is 0.950 bits per heavy atom. The van der Waals surface area contributed by atoms with Gasteiger partial charge >= 0.3 is 25.7 Å². The van der Waals surface area contributed by atoms with Crippen LogP contribution in [0.2, 0.25) is 171 Å². The number of benzene rings is 2. The minimum Gasteiger partial charge on any atom is -0.439 e. The molecule has 0 saturated heterocycles. The van der Waals surface area contributed by atoms with Crippen molar-refractivity contribution in [2.24, 2.45) is 0 Å². The molecule has 0 spiro atoms. The first-order valence-electron chi connectivity index (χ1n) is 26.7. The molecule has 0 aliphatic carbocycles. The molecule has 6 nitrogen and oxygen atoms in total. The Kier molecular flexibility index (Phi) is 57.1. The normalized spacial score (nSPS) is 13.8. The third-order valence-corrected chi connectivity index (χ3v) is 48.7. The number of allylic oxidation sites excluding steroid dienone is 6. The maximum atomic E-state index is 7.25. The molecule has 0 aromatic heterocycles. The Labute approximate surface area is 515 Å². The monoisotopic (exact) mass is 1280 g/mol. The van der Waals surface area contributed by atoms with Crippen molar-refractivity contribution in [2.75, 3.05) is 0 Å². The Bertz CT molecular complexity index is 1830. The van der Waals surface area contributed by atoms with Gasteiger partial charge in [0.25, 0.3) is 9.28 Å². The van der Waals surface area contributed by atoms with E-state index in [9.17, 15) is 0 Å². The number of hydrogen-bond acceptors (Lipinski definition) is 6. The molecule has 2 aromatic rings.